The molecule has 1 aromatic rings. The van der Waals surface area contributed by atoms with Crippen LogP contribution in [-0.2, 0) is 11.2 Å². The van der Waals surface area contributed by atoms with Crippen molar-refractivity contribution in [2.75, 3.05) is 39.3 Å². The van der Waals surface area contributed by atoms with E-state index in [0.717, 1.165) is 38.2 Å². The summed E-state index contributed by atoms with van der Waals surface area (Å²) >= 11 is 0. The highest BCUT2D eigenvalue weighted by Gasteiger charge is 2.12. The maximum atomic E-state index is 11.7. The van der Waals surface area contributed by atoms with Crippen LogP contribution >= 0.6 is 0 Å². The number of amides is 1. The fraction of sp³-hybridized carbons (Fsp3) is 0.538. The highest BCUT2D eigenvalue weighted by molar-refractivity contribution is 5.78. The zero-order valence-corrected chi connectivity index (χ0v) is 10.6. The van der Waals surface area contributed by atoms with Crippen molar-refractivity contribution in [1.82, 2.24) is 20.5 Å². The Kier molecular flexibility index (Phi) is 5.11. The number of piperazine rings is 1. The van der Waals surface area contributed by atoms with Crippen LogP contribution in [0.1, 0.15) is 5.56 Å². The zero-order chi connectivity index (χ0) is 12.6. The first-order valence-electron chi connectivity index (χ1n) is 6.43. The Morgan fingerprint density at radius 1 is 1.44 bits per heavy atom. The van der Waals surface area contributed by atoms with Gasteiger partial charge >= 0.3 is 0 Å². The molecule has 2 rings (SSSR count). The van der Waals surface area contributed by atoms with Crippen molar-refractivity contribution in [1.29, 1.82) is 0 Å². The van der Waals surface area contributed by atoms with Crippen LogP contribution in [-0.4, -0.2) is 55.1 Å². The third-order valence-electron chi connectivity index (χ3n) is 3.04. The molecule has 5 heteroatoms. The van der Waals surface area contributed by atoms with Crippen molar-refractivity contribution >= 4 is 5.91 Å². The van der Waals surface area contributed by atoms with Crippen LogP contribution in [0.15, 0.2) is 24.5 Å². The third kappa shape index (κ3) is 4.43. The van der Waals surface area contributed by atoms with Gasteiger partial charge in [-0.25, -0.2) is 0 Å². The molecule has 2 N–H and O–H groups in total. The molecule has 0 radical (unpaired) electrons. The molecule has 1 aromatic heterocycles. The van der Waals surface area contributed by atoms with Crippen molar-refractivity contribution in [2.45, 2.75) is 6.42 Å². The lowest BCUT2D eigenvalue weighted by Crippen LogP contribution is -2.47. The van der Waals surface area contributed by atoms with E-state index in [0.29, 0.717) is 13.1 Å². The van der Waals surface area contributed by atoms with Gasteiger partial charge in [-0.1, -0.05) is 6.07 Å². The molecule has 0 unspecified atom stereocenters. The molecule has 0 atom stereocenters. The summed E-state index contributed by atoms with van der Waals surface area (Å²) in [6.07, 6.45) is 4.43. The Morgan fingerprint density at radius 2 is 2.28 bits per heavy atom. The number of nitrogens with zero attached hydrogens (tertiary/aromatic N) is 2. The summed E-state index contributed by atoms with van der Waals surface area (Å²) in [4.78, 5) is 17.9. The molecule has 98 valence electrons. The average Bonchev–Trinajstić information content (AvgIpc) is 2.41. The molecule has 1 saturated heterocycles. The molecular weight excluding hydrogens is 228 g/mol. The number of carbonyl (C=O) groups is 1. The number of hydrogen-bond donors (Lipinski definition) is 2. The molecule has 5 nitrogen and oxygen atoms in total. The predicted molar refractivity (Wildman–Crippen MR) is 70.3 cm³/mol. The normalized spacial score (nSPS) is 16.4. The van der Waals surface area contributed by atoms with Crippen LogP contribution in [0.4, 0.5) is 0 Å². The first kappa shape index (κ1) is 13.0. The monoisotopic (exact) mass is 248 g/mol. The minimum Gasteiger partial charge on any atom is -0.355 e. The van der Waals surface area contributed by atoms with Crippen LogP contribution in [0.5, 0.6) is 0 Å². The van der Waals surface area contributed by atoms with E-state index in [4.69, 9.17) is 0 Å². The average molecular weight is 248 g/mol. The van der Waals surface area contributed by atoms with E-state index in [1.165, 1.54) is 0 Å². The van der Waals surface area contributed by atoms with Gasteiger partial charge in [0.2, 0.25) is 5.91 Å². The number of aromatic nitrogens is 1. The molecule has 0 aromatic carbocycles. The fourth-order valence-corrected chi connectivity index (χ4v) is 2.02. The molecule has 1 aliphatic heterocycles. The Bertz CT molecular complexity index is 363. The van der Waals surface area contributed by atoms with Crippen molar-refractivity contribution in [3.63, 3.8) is 0 Å². The SMILES string of the molecule is O=C(CN1CCNCC1)NCCc1cccnc1. The molecule has 1 aliphatic rings. The van der Waals surface area contributed by atoms with Crippen molar-refractivity contribution in [2.24, 2.45) is 0 Å². The molecule has 1 fully saturated rings. The van der Waals surface area contributed by atoms with Gasteiger partial charge in [0.25, 0.3) is 0 Å². The summed E-state index contributed by atoms with van der Waals surface area (Å²) in [5.41, 5.74) is 1.15. The van der Waals surface area contributed by atoms with E-state index in [2.05, 4.69) is 20.5 Å². The molecule has 0 saturated carbocycles. The second kappa shape index (κ2) is 7.08. The van der Waals surface area contributed by atoms with Gasteiger partial charge in [0.15, 0.2) is 0 Å². The first-order chi connectivity index (χ1) is 8.84. The maximum absolute atomic E-state index is 11.7. The quantitative estimate of drug-likeness (QED) is 0.747. The van der Waals surface area contributed by atoms with Gasteiger partial charge < -0.3 is 10.6 Å². The van der Waals surface area contributed by atoms with E-state index >= 15 is 0 Å². The topological polar surface area (TPSA) is 57.3 Å². The Balaban J connectivity index is 1.62. The number of rotatable bonds is 5. The summed E-state index contributed by atoms with van der Waals surface area (Å²) in [7, 11) is 0. The lowest BCUT2D eigenvalue weighted by molar-refractivity contribution is -0.122. The van der Waals surface area contributed by atoms with E-state index in [1.807, 2.05) is 18.3 Å². The lowest BCUT2D eigenvalue weighted by Gasteiger charge is -2.26. The molecular formula is C13H20N4O. The van der Waals surface area contributed by atoms with Crippen molar-refractivity contribution in [3.05, 3.63) is 30.1 Å². The van der Waals surface area contributed by atoms with E-state index in [1.54, 1.807) is 6.20 Å². The summed E-state index contributed by atoms with van der Waals surface area (Å²) < 4.78 is 0. The van der Waals surface area contributed by atoms with Crippen molar-refractivity contribution in [3.8, 4) is 0 Å². The van der Waals surface area contributed by atoms with Crippen LogP contribution in [0.25, 0.3) is 0 Å². The van der Waals surface area contributed by atoms with Gasteiger partial charge in [-0.05, 0) is 18.1 Å². The Labute approximate surface area is 108 Å². The largest absolute Gasteiger partial charge is 0.355 e. The van der Waals surface area contributed by atoms with Gasteiger partial charge in [0.05, 0.1) is 6.54 Å². The third-order valence-corrected chi connectivity index (χ3v) is 3.04. The fourth-order valence-electron chi connectivity index (χ4n) is 2.02. The molecule has 2 heterocycles. The maximum Gasteiger partial charge on any atom is 0.234 e. The van der Waals surface area contributed by atoms with Gasteiger partial charge in [-0.3, -0.25) is 14.7 Å². The second-order valence-electron chi connectivity index (χ2n) is 4.49. The molecule has 0 bridgehead atoms. The summed E-state index contributed by atoms with van der Waals surface area (Å²) in [5.74, 6) is 0.112. The highest BCUT2D eigenvalue weighted by atomic mass is 16.2. The smallest absolute Gasteiger partial charge is 0.234 e. The highest BCUT2D eigenvalue weighted by Crippen LogP contribution is 1.96. The van der Waals surface area contributed by atoms with Gasteiger partial charge in [-0.2, -0.15) is 0 Å². The molecule has 0 aliphatic carbocycles. The van der Waals surface area contributed by atoms with Crippen LogP contribution in [0, 0.1) is 0 Å². The van der Waals surface area contributed by atoms with Gasteiger partial charge in [-0.15, -0.1) is 0 Å². The second-order valence-corrected chi connectivity index (χ2v) is 4.49. The standard InChI is InChI=1S/C13H20N4O/c18-13(11-17-8-6-14-7-9-17)16-5-3-12-2-1-4-15-10-12/h1-2,4,10,14H,3,5-9,11H2,(H,16,18). The summed E-state index contributed by atoms with van der Waals surface area (Å²) in [5, 5.41) is 6.22. The Morgan fingerprint density at radius 3 is 3.00 bits per heavy atom. The summed E-state index contributed by atoms with van der Waals surface area (Å²) in [6, 6.07) is 3.94. The molecule has 0 spiro atoms. The number of pyridine rings is 1. The minimum absolute atomic E-state index is 0.112. The zero-order valence-electron chi connectivity index (χ0n) is 10.6. The minimum atomic E-state index is 0.112. The van der Waals surface area contributed by atoms with Crippen LogP contribution < -0.4 is 10.6 Å². The van der Waals surface area contributed by atoms with Crippen LogP contribution in [0.3, 0.4) is 0 Å². The van der Waals surface area contributed by atoms with E-state index < -0.39 is 0 Å². The lowest BCUT2D eigenvalue weighted by atomic mass is 10.2. The van der Waals surface area contributed by atoms with E-state index in [9.17, 15) is 4.79 Å². The summed E-state index contributed by atoms with van der Waals surface area (Å²) in [6.45, 7) is 5.04. The number of carbonyl (C=O) groups excluding carboxylic acids is 1. The number of nitrogens with one attached hydrogen (secondary N) is 2. The van der Waals surface area contributed by atoms with Gasteiger partial charge in [0, 0.05) is 45.1 Å². The molecule has 18 heavy (non-hydrogen) atoms. The van der Waals surface area contributed by atoms with Gasteiger partial charge in [0.1, 0.15) is 0 Å². The first-order valence-corrected chi connectivity index (χ1v) is 6.43. The Hall–Kier alpha value is -1.46. The van der Waals surface area contributed by atoms with Crippen molar-refractivity contribution < 1.29 is 4.79 Å². The van der Waals surface area contributed by atoms with Crippen LogP contribution in [0.2, 0.25) is 0 Å². The molecule has 1 amide bonds. The predicted octanol–water partition coefficient (Wildman–Crippen LogP) is -0.354. The van der Waals surface area contributed by atoms with E-state index in [-0.39, 0.29) is 5.91 Å². The number of hydrogen-bond acceptors (Lipinski definition) is 4.